The Morgan fingerprint density at radius 1 is 1.19 bits per heavy atom. The average molecular weight is 296 g/mol. The molecule has 0 radical (unpaired) electrons. The topological polar surface area (TPSA) is 84.4 Å². The highest BCUT2D eigenvalue weighted by Gasteiger charge is 2.16. The fourth-order valence-electron chi connectivity index (χ4n) is 1.92. The maximum absolute atomic E-state index is 5.49. The standard InChI is InChI=1S/C13H24N6O2/c1-10(2)21-7-4-15-12-16-11(14-3)17-13(18-12)19-5-8-20-9-6-19/h10H,4-9H2,1-3H3,(H2,14,15,16,17,18). The van der Waals surface area contributed by atoms with Gasteiger partial charge in [-0.05, 0) is 13.8 Å². The van der Waals surface area contributed by atoms with Crippen LogP contribution in [-0.4, -0.2) is 67.6 Å². The fraction of sp³-hybridized carbons (Fsp3) is 0.769. The van der Waals surface area contributed by atoms with Crippen LogP contribution in [0.1, 0.15) is 13.8 Å². The number of ether oxygens (including phenoxy) is 2. The molecule has 8 nitrogen and oxygen atoms in total. The Morgan fingerprint density at radius 2 is 1.90 bits per heavy atom. The first-order valence-corrected chi connectivity index (χ1v) is 7.31. The van der Waals surface area contributed by atoms with Gasteiger partial charge in [0, 0.05) is 26.7 Å². The second-order valence-electron chi connectivity index (χ2n) is 4.98. The highest BCUT2D eigenvalue weighted by molar-refractivity contribution is 5.43. The lowest BCUT2D eigenvalue weighted by atomic mass is 10.4. The number of hydrogen-bond acceptors (Lipinski definition) is 8. The summed E-state index contributed by atoms with van der Waals surface area (Å²) in [5, 5.41) is 6.13. The molecule has 0 saturated carbocycles. The summed E-state index contributed by atoms with van der Waals surface area (Å²) in [4.78, 5) is 15.3. The molecular formula is C13H24N6O2. The largest absolute Gasteiger partial charge is 0.378 e. The summed E-state index contributed by atoms with van der Waals surface area (Å²) in [5.74, 6) is 1.78. The third-order valence-corrected chi connectivity index (χ3v) is 2.98. The van der Waals surface area contributed by atoms with Crippen LogP contribution in [0.5, 0.6) is 0 Å². The Hall–Kier alpha value is -1.67. The highest BCUT2D eigenvalue weighted by Crippen LogP contribution is 2.14. The first-order valence-electron chi connectivity index (χ1n) is 7.31. The SMILES string of the molecule is CNc1nc(NCCOC(C)C)nc(N2CCOCC2)n1. The van der Waals surface area contributed by atoms with Crippen LogP contribution in [0.4, 0.5) is 17.8 Å². The van der Waals surface area contributed by atoms with Crippen LogP contribution in [0, 0.1) is 0 Å². The van der Waals surface area contributed by atoms with Crippen LogP contribution in [0.3, 0.4) is 0 Å². The van der Waals surface area contributed by atoms with Crippen LogP contribution in [0.15, 0.2) is 0 Å². The summed E-state index contributed by atoms with van der Waals surface area (Å²) < 4.78 is 10.8. The van der Waals surface area contributed by atoms with E-state index >= 15 is 0 Å². The molecule has 2 heterocycles. The van der Waals surface area contributed by atoms with E-state index in [-0.39, 0.29) is 6.10 Å². The van der Waals surface area contributed by atoms with Crippen molar-refractivity contribution in [2.24, 2.45) is 0 Å². The summed E-state index contributed by atoms with van der Waals surface area (Å²) in [5.41, 5.74) is 0. The van der Waals surface area contributed by atoms with E-state index in [1.165, 1.54) is 0 Å². The van der Waals surface area contributed by atoms with Gasteiger partial charge in [0.15, 0.2) is 0 Å². The number of rotatable bonds is 7. The highest BCUT2D eigenvalue weighted by atomic mass is 16.5. The Labute approximate surface area is 125 Å². The van der Waals surface area contributed by atoms with E-state index in [4.69, 9.17) is 9.47 Å². The molecule has 8 heteroatoms. The van der Waals surface area contributed by atoms with Gasteiger partial charge in [-0.25, -0.2) is 0 Å². The molecule has 1 aromatic rings. The van der Waals surface area contributed by atoms with Crippen molar-refractivity contribution in [2.45, 2.75) is 20.0 Å². The molecule has 0 bridgehead atoms. The van der Waals surface area contributed by atoms with Crippen LogP contribution in [0.2, 0.25) is 0 Å². The molecule has 118 valence electrons. The lowest BCUT2D eigenvalue weighted by Crippen LogP contribution is -2.37. The van der Waals surface area contributed by atoms with Crippen molar-refractivity contribution in [3.8, 4) is 0 Å². The van der Waals surface area contributed by atoms with E-state index in [1.54, 1.807) is 7.05 Å². The van der Waals surface area contributed by atoms with E-state index in [0.717, 1.165) is 13.1 Å². The van der Waals surface area contributed by atoms with Crippen molar-refractivity contribution in [3.63, 3.8) is 0 Å². The third kappa shape index (κ3) is 4.98. The predicted molar refractivity (Wildman–Crippen MR) is 82.0 cm³/mol. The number of anilines is 3. The maximum atomic E-state index is 5.49. The van der Waals surface area contributed by atoms with Crippen molar-refractivity contribution in [3.05, 3.63) is 0 Å². The van der Waals surface area contributed by atoms with Gasteiger partial charge in [0.05, 0.1) is 25.9 Å². The molecule has 1 aliphatic rings. The summed E-state index contributed by atoms with van der Waals surface area (Å²) in [6.07, 6.45) is 0.224. The fourth-order valence-corrected chi connectivity index (χ4v) is 1.92. The number of morpholine rings is 1. The average Bonchev–Trinajstić information content (AvgIpc) is 2.52. The second kappa shape index (κ2) is 7.94. The molecule has 2 rings (SSSR count). The van der Waals surface area contributed by atoms with Gasteiger partial charge >= 0.3 is 0 Å². The Morgan fingerprint density at radius 3 is 2.57 bits per heavy atom. The number of nitrogens with zero attached hydrogens (tertiary/aromatic N) is 4. The quantitative estimate of drug-likeness (QED) is 0.707. The normalized spacial score (nSPS) is 15.3. The first kappa shape index (κ1) is 15.7. The molecule has 21 heavy (non-hydrogen) atoms. The minimum Gasteiger partial charge on any atom is -0.378 e. The smallest absolute Gasteiger partial charge is 0.232 e. The molecule has 1 aromatic heterocycles. The van der Waals surface area contributed by atoms with Crippen molar-refractivity contribution < 1.29 is 9.47 Å². The van der Waals surface area contributed by atoms with E-state index in [1.807, 2.05) is 13.8 Å². The summed E-state index contributed by atoms with van der Waals surface area (Å²) in [6, 6.07) is 0. The summed E-state index contributed by atoms with van der Waals surface area (Å²) >= 11 is 0. The van der Waals surface area contributed by atoms with Gasteiger partial charge in [-0.1, -0.05) is 0 Å². The van der Waals surface area contributed by atoms with Crippen molar-refractivity contribution >= 4 is 17.8 Å². The molecule has 0 atom stereocenters. The zero-order chi connectivity index (χ0) is 15.1. The minimum atomic E-state index is 0.224. The Balaban J connectivity index is 1.99. The van der Waals surface area contributed by atoms with Gasteiger partial charge < -0.3 is 25.0 Å². The van der Waals surface area contributed by atoms with Crippen LogP contribution < -0.4 is 15.5 Å². The molecule has 1 fully saturated rings. The van der Waals surface area contributed by atoms with Crippen molar-refractivity contribution in [2.75, 3.05) is 62.0 Å². The Bertz CT molecular complexity index is 437. The lowest BCUT2D eigenvalue weighted by Gasteiger charge is -2.27. The monoisotopic (exact) mass is 296 g/mol. The molecule has 0 unspecified atom stereocenters. The van der Waals surface area contributed by atoms with Gasteiger partial charge in [-0.3, -0.25) is 0 Å². The zero-order valence-electron chi connectivity index (χ0n) is 12.9. The number of hydrogen-bond donors (Lipinski definition) is 2. The molecule has 1 saturated heterocycles. The molecule has 0 aromatic carbocycles. The molecule has 1 aliphatic heterocycles. The van der Waals surface area contributed by atoms with Crippen LogP contribution in [0.25, 0.3) is 0 Å². The van der Waals surface area contributed by atoms with E-state index in [2.05, 4.69) is 30.5 Å². The molecule has 0 aliphatic carbocycles. The second-order valence-corrected chi connectivity index (χ2v) is 4.98. The molecule has 0 spiro atoms. The van der Waals surface area contributed by atoms with Crippen molar-refractivity contribution in [1.82, 2.24) is 15.0 Å². The van der Waals surface area contributed by atoms with Gasteiger partial charge in [0.2, 0.25) is 17.8 Å². The minimum absolute atomic E-state index is 0.224. The van der Waals surface area contributed by atoms with Crippen molar-refractivity contribution in [1.29, 1.82) is 0 Å². The molecule has 2 N–H and O–H groups in total. The maximum Gasteiger partial charge on any atom is 0.232 e. The predicted octanol–water partition coefficient (Wildman–Crippen LogP) is 0.587. The third-order valence-electron chi connectivity index (χ3n) is 2.98. The zero-order valence-corrected chi connectivity index (χ0v) is 12.9. The van der Waals surface area contributed by atoms with Gasteiger partial charge in [-0.2, -0.15) is 15.0 Å². The lowest BCUT2D eigenvalue weighted by molar-refractivity contribution is 0.0870. The van der Waals surface area contributed by atoms with E-state index in [9.17, 15) is 0 Å². The molecule has 0 amide bonds. The van der Waals surface area contributed by atoms with Gasteiger partial charge in [0.1, 0.15) is 0 Å². The number of nitrogens with one attached hydrogen (secondary N) is 2. The van der Waals surface area contributed by atoms with Gasteiger partial charge in [-0.15, -0.1) is 0 Å². The molecular weight excluding hydrogens is 272 g/mol. The summed E-state index contributed by atoms with van der Waals surface area (Å²) in [7, 11) is 1.80. The van der Waals surface area contributed by atoms with E-state index < -0.39 is 0 Å². The summed E-state index contributed by atoms with van der Waals surface area (Å²) in [6.45, 7) is 8.29. The van der Waals surface area contributed by atoms with Gasteiger partial charge in [0.25, 0.3) is 0 Å². The first-order chi connectivity index (χ1) is 10.2. The van der Waals surface area contributed by atoms with E-state index in [0.29, 0.717) is 44.2 Å². The van der Waals surface area contributed by atoms with Crippen LogP contribution >= 0.6 is 0 Å². The Kier molecular flexibility index (Phi) is 5.94. The van der Waals surface area contributed by atoms with Crippen LogP contribution in [-0.2, 0) is 9.47 Å². The number of aromatic nitrogens is 3.